The molecule has 28 heavy (non-hydrogen) atoms. The summed E-state index contributed by atoms with van der Waals surface area (Å²) in [7, 11) is 0. The fourth-order valence-electron chi connectivity index (χ4n) is 2.77. The van der Waals surface area contributed by atoms with E-state index in [9.17, 15) is 4.79 Å². The molecule has 1 aromatic heterocycles. The van der Waals surface area contributed by atoms with Crippen molar-refractivity contribution in [3.8, 4) is 11.5 Å². The number of nitrogens with one attached hydrogen (secondary N) is 2. The van der Waals surface area contributed by atoms with Gasteiger partial charge in [-0.15, -0.1) is 0 Å². The minimum atomic E-state index is -0.342. The first-order valence-corrected chi connectivity index (χ1v) is 9.00. The monoisotopic (exact) mass is 396 g/mol. The number of aryl methyl sites for hydroxylation is 1. The van der Waals surface area contributed by atoms with Gasteiger partial charge in [-0.2, -0.15) is 0 Å². The Morgan fingerprint density at radius 1 is 1.11 bits per heavy atom. The van der Waals surface area contributed by atoms with E-state index in [-0.39, 0.29) is 18.4 Å². The molecule has 1 aliphatic rings. The fraction of sp³-hybridized carbons (Fsp3) is 0.150. The third kappa shape index (κ3) is 3.99. The van der Waals surface area contributed by atoms with Gasteiger partial charge in [0.25, 0.3) is 5.91 Å². The van der Waals surface area contributed by atoms with Crippen molar-refractivity contribution in [1.82, 2.24) is 9.97 Å². The molecule has 4 rings (SSSR count). The third-order valence-electron chi connectivity index (χ3n) is 4.12. The molecule has 0 fully saturated rings. The van der Waals surface area contributed by atoms with Crippen LogP contribution in [-0.2, 0) is 6.54 Å². The van der Waals surface area contributed by atoms with Crippen molar-refractivity contribution in [2.24, 2.45) is 0 Å². The van der Waals surface area contributed by atoms with Crippen LogP contribution in [0.4, 0.5) is 11.5 Å². The van der Waals surface area contributed by atoms with Crippen LogP contribution in [0.3, 0.4) is 0 Å². The van der Waals surface area contributed by atoms with E-state index < -0.39 is 0 Å². The second kappa shape index (κ2) is 7.74. The summed E-state index contributed by atoms with van der Waals surface area (Å²) in [4.78, 5) is 21.2. The predicted octanol–water partition coefficient (Wildman–Crippen LogP) is 4.03. The minimum Gasteiger partial charge on any atom is -0.454 e. The molecule has 1 aliphatic heterocycles. The molecule has 0 spiro atoms. The van der Waals surface area contributed by atoms with Crippen LogP contribution in [-0.4, -0.2) is 22.7 Å². The second-order valence-corrected chi connectivity index (χ2v) is 6.56. The van der Waals surface area contributed by atoms with E-state index in [0.29, 0.717) is 40.4 Å². The number of carbonyl (C=O) groups excluding carboxylic acids is 1. The molecular weight excluding hydrogens is 380 g/mol. The van der Waals surface area contributed by atoms with Crippen LogP contribution in [0.5, 0.6) is 11.5 Å². The quantitative estimate of drug-likeness (QED) is 0.677. The van der Waals surface area contributed by atoms with Gasteiger partial charge in [-0.05, 0) is 30.7 Å². The van der Waals surface area contributed by atoms with Gasteiger partial charge in [0.2, 0.25) is 6.79 Å². The lowest BCUT2D eigenvalue weighted by Gasteiger charge is -2.10. The zero-order valence-corrected chi connectivity index (χ0v) is 15.8. The average Bonchev–Trinajstić information content (AvgIpc) is 3.15. The number of hydrogen-bond acceptors (Lipinski definition) is 6. The van der Waals surface area contributed by atoms with E-state index in [1.165, 1.54) is 0 Å². The van der Waals surface area contributed by atoms with Crippen LogP contribution < -0.4 is 20.1 Å². The van der Waals surface area contributed by atoms with E-state index >= 15 is 0 Å². The van der Waals surface area contributed by atoms with Crippen LogP contribution >= 0.6 is 11.6 Å². The average molecular weight is 397 g/mol. The van der Waals surface area contributed by atoms with Gasteiger partial charge >= 0.3 is 0 Å². The maximum Gasteiger partial charge on any atom is 0.274 e. The summed E-state index contributed by atoms with van der Waals surface area (Å²) in [6.07, 6.45) is 0. The number of hydrogen-bond donors (Lipinski definition) is 2. The highest BCUT2D eigenvalue weighted by Crippen LogP contribution is 2.34. The molecule has 2 aromatic carbocycles. The SMILES string of the molecule is Cc1nc(NCc2ccccc2Cl)cc(C(=O)Nc2ccc3c(c2)OCO3)n1. The summed E-state index contributed by atoms with van der Waals surface area (Å²) in [5.74, 6) is 1.94. The van der Waals surface area contributed by atoms with Gasteiger partial charge in [-0.1, -0.05) is 29.8 Å². The van der Waals surface area contributed by atoms with Crippen LogP contribution in [0.1, 0.15) is 21.9 Å². The fourth-order valence-corrected chi connectivity index (χ4v) is 2.97. The van der Waals surface area contributed by atoms with Crippen molar-refractivity contribution in [3.63, 3.8) is 0 Å². The highest BCUT2D eigenvalue weighted by atomic mass is 35.5. The van der Waals surface area contributed by atoms with Crippen molar-refractivity contribution in [3.05, 3.63) is 70.6 Å². The normalized spacial score (nSPS) is 11.9. The lowest BCUT2D eigenvalue weighted by molar-refractivity contribution is 0.102. The molecule has 3 aromatic rings. The molecule has 8 heteroatoms. The molecule has 0 radical (unpaired) electrons. The highest BCUT2D eigenvalue weighted by molar-refractivity contribution is 6.31. The zero-order valence-electron chi connectivity index (χ0n) is 15.0. The molecule has 2 heterocycles. The summed E-state index contributed by atoms with van der Waals surface area (Å²) < 4.78 is 10.6. The number of halogens is 1. The van der Waals surface area contributed by atoms with Crippen LogP contribution in [0.25, 0.3) is 0 Å². The predicted molar refractivity (Wildman–Crippen MR) is 106 cm³/mol. The molecule has 2 N–H and O–H groups in total. The summed E-state index contributed by atoms with van der Waals surface area (Å²) in [6.45, 7) is 2.40. The van der Waals surface area contributed by atoms with Crippen LogP contribution in [0.2, 0.25) is 5.02 Å². The molecule has 0 unspecified atom stereocenters. The van der Waals surface area contributed by atoms with E-state index in [2.05, 4.69) is 20.6 Å². The first-order valence-electron chi connectivity index (χ1n) is 8.62. The summed E-state index contributed by atoms with van der Waals surface area (Å²) in [6, 6.07) is 14.4. The number of carbonyl (C=O) groups is 1. The number of amides is 1. The third-order valence-corrected chi connectivity index (χ3v) is 4.49. The summed E-state index contributed by atoms with van der Waals surface area (Å²) in [5, 5.41) is 6.66. The number of rotatable bonds is 5. The first-order chi connectivity index (χ1) is 13.6. The summed E-state index contributed by atoms with van der Waals surface area (Å²) in [5.41, 5.74) is 1.79. The van der Waals surface area contributed by atoms with Crippen LogP contribution in [0, 0.1) is 6.92 Å². The number of anilines is 2. The maximum atomic E-state index is 12.6. The molecule has 0 saturated heterocycles. The number of nitrogens with zero attached hydrogens (tertiary/aromatic N) is 2. The minimum absolute atomic E-state index is 0.179. The van der Waals surface area contributed by atoms with E-state index in [1.807, 2.05) is 24.3 Å². The Morgan fingerprint density at radius 3 is 2.79 bits per heavy atom. The van der Waals surface area contributed by atoms with Gasteiger partial charge in [0.15, 0.2) is 11.5 Å². The van der Waals surface area contributed by atoms with Crippen molar-refractivity contribution in [2.75, 3.05) is 17.4 Å². The van der Waals surface area contributed by atoms with Crippen LogP contribution in [0.15, 0.2) is 48.5 Å². The largest absolute Gasteiger partial charge is 0.454 e. The summed E-state index contributed by atoms with van der Waals surface area (Å²) >= 11 is 6.18. The Kier molecular flexibility index (Phi) is 4.99. The lowest BCUT2D eigenvalue weighted by atomic mass is 10.2. The first kappa shape index (κ1) is 18.1. The van der Waals surface area contributed by atoms with Gasteiger partial charge < -0.3 is 20.1 Å². The van der Waals surface area contributed by atoms with E-state index in [4.69, 9.17) is 21.1 Å². The Hall–Kier alpha value is -3.32. The van der Waals surface area contributed by atoms with Crippen molar-refractivity contribution < 1.29 is 14.3 Å². The number of ether oxygens (including phenoxy) is 2. The Balaban J connectivity index is 1.48. The van der Waals surface area contributed by atoms with E-state index in [0.717, 1.165) is 5.56 Å². The molecule has 0 bridgehead atoms. The zero-order chi connectivity index (χ0) is 19.5. The molecule has 0 aliphatic carbocycles. The molecule has 0 atom stereocenters. The van der Waals surface area contributed by atoms with E-state index in [1.54, 1.807) is 31.2 Å². The molecule has 7 nitrogen and oxygen atoms in total. The topological polar surface area (TPSA) is 85.4 Å². The van der Waals surface area contributed by atoms with Gasteiger partial charge in [-0.25, -0.2) is 9.97 Å². The Bertz CT molecular complexity index is 1040. The standard InChI is InChI=1S/C20H17ClN4O3/c1-12-23-16(9-19(24-12)22-10-13-4-2-3-5-15(13)21)20(26)25-14-6-7-17-18(8-14)28-11-27-17/h2-9H,10-11H2,1H3,(H,25,26)(H,22,23,24). The van der Waals surface area contributed by atoms with Gasteiger partial charge in [0, 0.05) is 29.4 Å². The lowest BCUT2D eigenvalue weighted by Crippen LogP contribution is -2.16. The maximum absolute atomic E-state index is 12.6. The molecular formula is C20H17ClN4O3. The van der Waals surface area contributed by atoms with Gasteiger partial charge in [0.05, 0.1) is 0 Å². The van der Waals surface area contributed by atoms with Crippen molar-refractivity contribution >= 4 is 29.0 Å². The second-order valence-electron chi connectivity index (χ2n) is 6.15. The molecule has 0 saturated carbocycles. The number of fused-ring (bicyclic) bond motifs is 1. The highest BCUT2D eigenvalue weighted by Gasteiger charge is 2.16. The van der Waals surface area contributed by atoms with Crippen molar-refractivity contribution in [2.45, 2.75) is 13.5 Å². The molecule has 142 valence electrons. The number of benzene rings is 2. The smallest absolute Gasteiger partial charge is 0.274 e. The van der Waals surface area contributed by atoms with Crippen molar-refractivity contribution in [1.29, 1.82) is 0 Å². The van der Waals surface area contributed by atoms with Gasteiger partial charge in [-0.3, -0.25) is 4.79 Å². The van der Waals surface area contributed by atoms with Gasteiger partial charge in [0.1, 0.15) is 17.3 Å². The Labute approximate surface area is 166 Å². The Morgan fingerprint density at radius 2 is 1.93 bits per heavy atom. The molecule has 1 amide bonds. The number of aromatic nitrogens is 2.